The van der Waals surface area contributed by atoms with E-state index in [1.807, 2.05) is 4.90 Å². The number of hydrogen-bond acceptors (Lipinski definition) is 6. The molecule has 0 radical (unpaired) electrons. The Bertz CT molecular complexity index is 1050. The number of nitrogens with zero attached hydrogens (tertiary/aromatic N) is 5. The Labute approximate surface area is 197 Å². The fourth-order valence-electron chi connectivity index (χ4n) is 5.00. The summed E-state index contributed by atoms with van der Waals surface area (Å²) >= 11 is 6.94. The van der Waals surface area contributed by atoms with Gasteiger partial charge in [0.25, 0.3) is 0 Å². The molecule has 12 heteroatoms. The molecule has 0 unspecified atom stereocenters. The van der Waals surface area contributed by atoms with Gasteiger partial charge in [-0.1, -0.05) is 11.6 Å². The predicted molar refractivity (Wildman–Crippen MR) is 119 cm³/mol. The van der Waals surface area contributed by atoms with Crippen molar-refractivity contribution in [2.24, 2.45) is 5.92 Å². The molecule has 1 spiro atoms. The van der Waals surface area contributed by atoms with Crippen LogP contribution in [0.3, 0.4) is 0 Å². The molecule has 1 aromatic heterocycles. The lowest BCUT2D eigenvalue weighted by Crippen LogP contribution is -2.60. The minimum atomic E-state index is -4.18. The van der Waals surface area contributed by atoms with Crippen LogP contribution in [0.1, 0.15) is 32.1 Å². The van der Waals surface area contributed by atoms with E-state index in [9.17, 15) is 22.4 Å². The van der Waals surface area contributed by atoms with Gasteiger partial charge in [0.05, 0.1) is 16.5 Å². The van der Waals surface area contributed by atoms with Gasteiger partial charge in [-0.05, 0) is 43.9 Å². The van der Waals surface area contributed by atoms with Crippen molar-refractivity contribution >= 4 is 45.8 Å². The summed E-state index contributed by atoms with van der Waals surface area (Å²) in [6, 6.07) is 4.46. The van der Waals surface area contributed by atoms with Gasteiger partial charge in [-0.15, -0.1) is 0 Å². The molecule has 0 saturated carbocycles. The molecule has 3 aliphatic rings. The van der Waals surface area contributed by atoms with Gasteiger partial charge < -0.3 is 14.7 Å². The molecule has 0 aliphatic carbocycles. The van der Waals surface area contributed by atoms with Crippen LogP contribution in [0, 0.1) is 11.7 Å². The molecule has 5 rings (SSSR count). The third-order valence-corrected chi connectivity index (χ3v) is 7.99. The lowest BCUT2D eigenvalue weighted by molar-refractivity contribution is -0.180. The van der Waals surface area contributed by atoms with E-state index in [0.717, 1.165) is 24.4 Å². The monoisotopic (exact) mass is 503 g/mol. The molecule has 3 fully saturated rings. The summed E-state index contributed by atoms with van der Waals surface area (Å²) in [5.41, 5.74) is 0.101. The Kier molecular flexibility index (Phi) is 5.67. The van der Waals surface area contributed by atoms with Crippen LogP contribution in [0.5, 0.6) is 0 Å². The second-order valence-corrected chi connectivity index (χ2v) is 10.1. The topological polar surface area (TPSA) is 52.6 Å². The highest BCUT2D eigenvalue weighted by Crippen LogP contribution is 2.43. The molecule has 4 heterocycles. The van der Waals surface area contributed by atoms with E-state index in [1.54, 1.807) is 15.9 Å². The van der Waals surface area contributed by atoms with Gasteiger partial charge in [0.15, 0.2) is 0 Å². The maximum atomic E-state index is 14.1. The van der Waals surface area contributed by atoms with Crippen molar-refractivity contribution in [1.82, 2.24) is 9.36 Å². The number of carbonyl (C=O) groups excluding carboxylic acids is 1. The largest absolute Gasteiger partial charge is 0.395 e. The molecule has 3 aliphatic heterocycles. The number of carbonyl (C=O) groups is 1. The zero-order valence-electron chi connectivity index (χ0n) is 17.6. The van der Waals surface area contributed by atoms with Crippen molar-refractivity contribution in [1.29, 1.82) is 0 Å². The maximum absolute atomic E-state index is 14.1. The molecule has 2 aromatic rings. The zero-order valence-corrected chi connectivity index (χ0v) is 19.2. The molecule has 3 saturated heterocycles. The summed E-state index contributed by atoms with van der Waals surface area (Å²) in [5, 5.41) is 0.512. The third-order valence-electron chi connectivity index (χ3n) is 6.91. The Hall–Kier alpha value is -2.14. The quantitative estimate of drug-likeness (QED) is 0.558. The second-order valence-electron chi connectivity index (χ2n) is 8.91. The van der Waals surface area contributed by atoms with Crippen molar-refractivity contribution in [2.45, 2.75) is 43.8 Å². The van der Waals surface area contributed by atoms with Crippen molar-refractivity contribution in [3.8, 4) is 0 Å². The molecule has 33 heavy (non-hydrogen) atoms. The third kappa shape index (κ3) is 4.14. The summed E-state index contributed by atoms with van der Waals surface area (Å²) in [6.07, 6.45) is -0.837. The summed E-state index contributed by atoms with van der Waals surface area (Å²) in [5.74, 6) is -1.39. The Balaban J connectivity index is 1.28. The number of hydrogen-bond donors (Lipinski definition) is 0. The summed E-state index contributed by atoms with van der Waals surface area (Å²) in [6.45, 7) is 1.02. The van der Waals surface area contributed by atoms with E-state index in [4.69, 9.17) is 11.6 Å². The first kappa shape index (κ1) is 22.6. The van der Waals surface area contributed by atoms with Crippen LogP contribution in [0.2, 0.25) is 5.02 Å². The van der Waals surface area contributed by atoms with Gasteiger partial charge in [0.2, 0.25) is 17.0 Å². The van der Waals surface area contributed by atoms with E-state index in [-0.39, 0.29) is 24.0 Å². The van der Waals surface area contributed by atoms with Crippen LogP contribution in [-0.2, 0) is 4.79 Å². The van der Waals surface area contributed by atoms with Crippen molar-refractivity contribution < 1.29 is 22.4 Å². The Morgan fingerprint density at radius 2 is 1.85 bits per heavy atom. The first-order valence-electron chi connectivity index (χ1n) is 10.8. The summed E-state index contributed by atoms with van der Waals surface area (Å²) in [7, 11) is 0. The van der Waals surface area contributed by atoms with Crippen LogP contribution in [0.4, 0.5) is 34.3 Å². The van der Waals surface area contributed by atoms with Gasteiger partial charge in [-0.3, -0.25) is 4.79 Å². The maximum Gasteiger partial charge on any atom is 0.395 e. The highest BCUT2D eigenvalue weighted by molar-refractivity contribution is 7.10. The molecule has 0 bridgehead atoms. The van der Waals surface area contributed by atoms with Crippen molar-refractivity contribution in [3.63, 3.8) is 0 Å². The van der Waals surface area contributed by atoms with E-state index in [0.29, 0.717) is 49.1 Å². The van der Waals surface area contributed by atoms with Crippen molar-refractivity contribution in [2.75, 3.05) is 40.9 Å². The predicted octanol–water partition coefficient (Wildman–Crippen LogP) is 4.89. The number of benzene rings is 1. The molecule has 0 N–H and O–H groups in total. The average molecular weight is 504 g/mol. The number of rotatable bonds is 3. The highest BCUT2D eigenvalue weighted by Gasteiger charge is 2.48. The van der Waals surface area contributed by atoms with Gasteiger partial charge in [0.1, 0.15) is 5.82 Å². The van der Waals surface area contributed by atoms with E-state index in [1.165, 1.54) is 12.1 Å². The van der Waals surface area contributed by atoms with E-state index < -0.39 is 23.5 Å². The van der Waals surface area contributed by atoms with E-state index in [2.05, 4.69) is 9.36 Å². The molecule has 1 aromatic carbocycles. The average Bonchev–Trinajstić information content (AvgIpc) is 3.18. The number of amides is 1. The first-order valence-corrected chi connectivity index (χ1v) is 12.0. The van der Waals surface area contributed by atoms with Gasteiger partial charge in [0, 0.05) is 49.8 Å². The van der Waals surface area contributed by atoms with Crippen LogP contribution >= 0.6 is 23.1 Å². The number of piperidine rings is 2. The minimum absolute atomic E-state index is 0.0150. The Morgan fingerprint density at radius 1 is 1.12 bits per heavy atom. The molecule has 178 valence electrons. The molecule has 1 amide bonds. The van der Waals surface area contributed by atoms with Gasteiger partial charge in [-0.2, -0.15) is 22.5 Å². The lowest BCUT2D eigenvalue weighted by Gasteiger charge is -2.51. The smallest absolute Gasteiger partial charge is 0.345 e. The fourth-order valence-corrected chi connectivity index (χ4v) is 5.83. The zero-order chi connectivity index (χ0) is 23.4. The van der Waals surface area contributed by atoms with Crippen LogP contribution in [0.25, 0.3) is 0 Å². The Morgan fingerprint density at radius 3 is 2.52 bits per heavy atom. The van der Waals surface area contributed by atoms with Crippen LogP contribution in [-0.4, -0.2) is 53.2 Å². The molecular formula is C21H22ClF4N5OS. The second kappa shape index (κ2) is 8.26. The highest BCUT2D eigenvalue weighted by atomic mass is 35.5. The van der Waals surface area contributed by atoms with Crippen molar-refractivity contribution in [3.05, 3.63) is 29.0 Å². The fraction of sp³-hybridized carbons (Fsp3) is 0.571. The van der Waals surface area contributed by atoms with Crippen LogP contribution < -0.4 is 14.7 Å². The normalized spacial score (nSPS) is 21.6. The van der Waals surface area contributed by atoms with Crippen LogP contribution in [0.15, 0.2) is 18.2 Å². The number of aromatic nitrogens is 2. The molecule has 0 atom stereocenters. The SMILES string of the molecule is O=C1CCCC2(CCN(c3nsc(N4CC(C(F)(F)F)C4)n3)CC2)N1c1ccc(Cl)c(F)c1. The van der Waals surface area contributed by atoms with Gasteiger partial charge >= 0.3 is 6.18 Å². The summed E-state index contributed by atoms with van der Waals surface area (Å²) in [4.78, 5) is 22.7. The number of halogens is 5. The number of alkyl halides is 3. The number of anilines is 3. The van der Waals surface area contributed by atoms with E-state index >= 15 is 0 Å². The molecular weight excluding hydrogens is 482 g/mol. The minimum Gasteiger partial charge on any atom is -0.345 e. The summed E-state index contributed by atoms with van der Waals surface area (Å²) < 4.78 is 56.8. The first-order chi connectivity index (χ1) is 15.7. The lowest BCUT2D eigenvalue weighted by atomic mass is 9.78. The standard InChI is InChI=1S/C21H22ClF4N5OS/c22-15-4-3-14(10-16(15)23)31-17(32)2-1-5-20(31)6-8-29(9-7-20)18-27-19(33-28-18)30-11-13(12-30)21(24,25)26/h3-4,10,13H,1-2,5-9,11-12H2. The molecule has 6 nitrogen and oxygen atoms in total. The van der Waals surface area contributed by atoms with Gasteiger partial charge in [-0.25, -0.2) is 4.39 Å².